The van der Waals surface area contributed by atoms with Gasteiger partial charge in [-0.3, -0.25) is 9.59 Å². The summed E-state index contributed by atoms with van der Waals surface area (Å²) in [5.74, 6) is -0.0467. The van der Waals surface area contributed by atoms with Gasteiger partial charge in [-0.1, -0.05) is 0 Å². The van der Waals surface area contributed by atoms with E-state index < -0.39 is 10.0 Å². The Morgan fingerprint density at radius 1 is 1.07 bits per heavy atom. The smallest absolute Gasteiger partial charge is 0.243 e. The van der Waals surface area contributed by atoms with Crippen LogP contribution in [0.2, 0.25) is 0 Å². The highest BCUT2D eigenvalue weighted by molar-refractivity contribution is 7.89. The van der Waals surface area contributed by atoms with Gasteiger partial charge in [0, 0.05) is 50.7 Å². The minimum absolute atomic E-state index is 0.0254. The number of morpholine rings is 1. The molecule has 3 aliphatic rings. The average molecular weight is 436 g/mol. The molecule has 0 radical (unpaired) electrons. The Morgan fingerprint density at radius 2 is 1.73 bits per heavy atom. The predicted octanol–water partition coefficient (Wildman–Crippen LogP) is 1.24. The predicted molar refractivity (Wildman–Crippen MR) is 112 cm³/mol. The maximum Gasteiger partial charge on any atom is 0.243 e. The van der Waals surface area contributed by atoms with E-state index in [0.29, 0.717) is 58.7 Å². The second kappa shape index (κ2) is 8.28. The van der Waals surface area contributed by atoms with Crippen molar-refractivity contribution >= 4 is 27.5 Å². The van der Waals surface area contributed by atoms with E-state index >= 15 is 0 Å². The number of hydrogen-bond acceptors (Lipinski definition) is 5. The van der Waals surface area contributed by atoms with Gasteiger partial charge in [0.15, 0.2) is 0 Å². The molecule has 2 saturated heterocycles. The first-order valence-electron chi connectivity index (χ1n) is 10.6. The molecule has 4 rings (SSSR count). The summed E-state index contributed by atoms with van der Waals surface area (Å²) in [6, 6.07) is 5.06. The Labute approximate surface area is 177 Å². The zero-order valence-corrected chi connectivity index (χ0v) is 18.4. The Hall–Kier alpha value is -1.97. The summed E-state index contributed by atoms with van der Waals surface area (Å²) >= 11 is 0. The molecule has 1 aromatic carbocycles. The number of carbonyl (C=O) groups is 2. The molecule has 2 fully saturated rings. The number of fused-ring (bicyclic) bond motifs is 1. The summed E-state index contributed by atoms with van der Waals surface area (Å²) in [6.45, 7) is 6.54. The number of sulfonamides is 1. The van der Waals surface area contributed by atoms with Gasteiger partial charge in [0.2, 0.25) is 21.8 Å². The largest absolute Gasteiger partial charge is 0.378 e. The van der Waals surface area contributed by atoms with Crippen LogP contribution < -0.4 is 4.90 Å². The maximum atomic E-state index is 13.2. The van der Waals surface area contributed by atoms with E-state index in [1.807, 2.05) is 11.8 Å². The number of ether oxygens (including phenoxy) is 1. The van der Waals surface area contributed by atoms with E-state index in [-0.39, 0.29) is 28.7 Å². The fourth-order valence-corrected chi connectivity index (χ4v) is 6.30. The molecule has 0 aromatic heterocycles. The minimum Gasteiger partial charge on any atom is -0.378 e. The van der Waals surface area contributed by atoms with E-state index in [1.165, 1.54) is 11.2 Å². The molecule has 0 aliphatic carbocycles. The summed E-state index contributed by atoms with van der Waals surface area (Å²) in [6.07, 6.45) is 1.72. The quantitative estimate of drug-likeness (QED) is 0.713. The lowest BCUT2D eigenvalue weighted by Gasteiger charge is -2.35. The molecule has 3 aliphatic heterocycles. The molecule has 1 unspecified atom stereocenters. The standard InChI is InChI=1S/C21H29N3O5S/c1-15-13-18-14-19(3-4-20(18)24(15)16(2)25)30(27,28)23-7-5-17(6-8-23)21(26)22-9-11-29-12-10-22/h3-4,14-15,17H,5-13H2,1-2H3. The van der Waals surface area contributed by atoms with Gasteiger partial charge in [-0.2, -0.15) is 4.31 Å². The first-order chi connectivity index (χ1) is 14.3. The minimum atomic E-state index is -3.63. The van der Waals surface area contributed by atoms with Crippen molar-refractivity contribution in [1.82, 2.24) is 9.21 Å². The second-order valence-corrected chi connectivity index (χ2v) is 10.3. The number of carbonyl (C=O) groups excluding carboxylic acids is 2. The number of hydrogen-bond donors (Lipinski definition) is 0. The summed E-state index contributed by atoms with van der Waals surface area (Å²) in [5, 5.41) is 0. The fourth-order valence-electron chi connectivity index (χ4n) is 4.78. The van der Waals surface area contributed by atoms with Gasteiger partial charge in [-0.05, 0) is 49.9 Å². The van der Waals surface area contributed by atoms with Crippen LogP contribution in [-0.4, -0.2) is 74.9 Å². The van der Waals surface area contributed by atoms with Gasteiger partial charge in [0.25, 0.3) is 0 Å². The Morgan fingerprint density at radius 3 is 2.37 bits per heavy atom. The van der Waals surface area contributed by atoms with Gasteiger partial charge in [-0.15, -0.1) is 0 Å². The number of benzene rings is 1. The Kier molecular flexibility index (Phi) is 5.87. The van der Waals surface area contributed by atoms with Crippen LogP contribution >= 0.6 is 0 Å². The number of anilines is 1. The van der Waals surface area contributed by atoms with E-state index in [4.69, 9.17) is 4.74 Å². The molecule has 0 spiro atoms. The molecule has 9 heteroatoms. The number of rotatable bonds is 3. The van der Waals surface area contributed by atoms with Crippen LogP contribution in [-0.2, 0) is 30.8 Å². The van der Waals surface area contributed by atoms with E-state index in [0.717, 1.165) is 11.3 Å². The van der Waals surface area contributed by atoms with Crippen LogP contribution in [0.1, 0.15) is 32.3 Å². The van der Waals surface area contributed by atoms with Crippen molar-refractivity contribution in [2.45, 2.75) is 44.0 Å². The van der Waals surface area contributed by atoms with Gasteiger partial charge >= 0.3 is 0 Å². The number of amides is 2. The zero-order chi connectivity index (χ0) is 21.5. The van der Waals surface area contributed by atoms with Crippen LogP contribution in [0.25, 0.3) is 0 Å². The van der Waals surface area contributed by atoms with Crippen molar-refractivity contribution in [3.05, 3.63) is 23.8 Å². The highest BCUT2D eigenvalue weighted by Crippen LogP contribution is 2.35. The lowest BCUT2D eigenvalue weighted by atomic mass is 9.96. The first-order valence-corrected chi connectivity index (χ1v) is 12.0. The zero-order valence-electron chi connectivity index (χ0n) is 17.5. The molecule has 164 valence electrons. The Balaban J connectivity index is 1.45. The highest BCUT2D eigenvalue weighted by Gasteiger charge is 2.35. The van der Waals surface area contributed by atoms with Gasteiger partial charge in [0.05, 0.1) is 18.1 Å². The summed E-state index contributed by atoms with van der Waals surface area (Å²) < 4.78 is 33.2. The molecule has 3 heterocycles. The van der Waals surface area contributed by atoms with Gasteiger partial charge < -0.3 is 14.5 Å². The van der Waals surface area contributed by atoms with E-state index in [2.05, 4.69) is 0 Å². The molecule has 0 N–H and O–H groups in total. The van der Waals surface area contributed by atoms with Gasteiger partial charge in [0.1, 0.15) is 0 Å². The molecule has 30 heavy (non-hydrogen) atoms. The van der Waals surface area contributed by atoms with E-state index in [1.54, 1.807) is 23.1 Å². The SMILES string of the molecule is CC(=O)N1c2ccc(S(=O)(=O)N3CCC(C(=O)N4CCOCC4)CC3)cc2CC1C. The number of piperidine rings is 1. The molecule has 1 aromatic rings. The van der Waals surface area contributed by atoms with E-state index in [9.17, 15) is 18.0 Å². The third-order valence-corrected chi connectivity index (χ3v) is 8.26. The molecule has 2 amide bonds. The Bertz CT molecular complexity index is 934. The maximum absolute atomic E-state index is 13.2. The van der Waals surface area contributed by atoms with Crippen LogP contribution in [0.4, 0.5) is 5.69 Å². The molecular formula is C21H29N3O5S. The van der Waals surface area contributed by atoms with Crippen molar-refractivity contribution in [1.29, 1.82) is 0 Å². The molecule has 0 bridgehead atoms. The summed E-state index contributed by atoms with van der Waals surface area (Å²) in [4.78, 5) is 28.4. The third kappa shape index (κ3) is 3.86. The van der Waals surface area contributed by atoms with Crippen LogP contribution in [0.3, 0.4) is 0 Å². The fraction of sp³-hybridized carbons (Fsp3) is 0.619. The first kappa shape index (κ1) is 21.3. The average Bonchev–Trinajstić information content (AvgIpc) is 3.09. The second-order valence-electron chi connectivity index (χ2n) is 8.35. The topological polar surface area (TPSA) is 87.2 Å². The molecular weight excluding hydrogens is 406 g/mol. The van der Waals surface area contributed by atoms with Crippen molar-refractivity contribution in [3.8, 4) is 0 Å². The normalized spacial score (nSPS) is 23.5. The molecule has 1 atom stereocenters. The summed E-state index contributed by atoms with van der Waals surface area (Å²) in [7, 11) is -3.63. The summed E-state index contributed by atoms with van der Waals surface area (Å²) in [5.41, 5.74) is 1.68. The lowest BCUT2D eigenvalue weighted by Crippen LogP contribution is -2.47. The van der Waals surface area contributed by atoms with Crippen LogP contribution in [0.15, 0.2) is 23.1 Å². The van der Waals surface area contributed by atoms with Crippen LogP contribution in [0.5, 0.6) is 0 Å². The van der Waals surface area contributed by atoms with Crippen molar-refractivity contribution in [3.63, 3.8) is 0 Å². The number of nitrogens with zero attached hydrogens (tertiary/aromatic N) is 3. The highest BCUT2D eigenvalue weighted by atomic mass is 32.2. The van der Waals surface area contributed by atoms with Crippen molar-refractivity contribution in [2.24, 2.45) is 5.92 Å². The molecule has 8 nitrogen and oxygen atoms in total. The molecule has 0 saturated carbocycles. The van der Waals surface area contributed by atoms with Crippen molar-refractivity contribution < 1.29 is 22.7 Å². The monoisotopic (exact) mass is 435 g/mol. The lowest BCUT2D eigenvalue weighted by molar-refractivity contribution is -0.140. The van der Waals surface area contributed by atoms with Crippen molar-refractivity contribution in [2.75, 3.05) is 44.3 Å². The third-order valence-electron chi connectivity index (χ3n) is 6.37. The van der Waals surface area contributed by atoms with Crippen LogP contribution in [0, 0.1) is 5.92 Å². The van der Waals surface area contributed by atoms with Gasteiger partial charge in [-0.25, -0.2) is 8.42 Å².